The van der Waals surface area contributed by atoms with Crippen molar-refractivity contribution in [3.8, 4) is 0 Å². The second-order valence-electron chi connectivity index (χ2n) is 5.71. The van der Waals surface area contributed by atoms with Gasteiger partial charge in [0.15, 0.2) is 0 Å². The number of pyridine rings is 1. The van der Waals surface area contributed by atoms with Crippen LogP contribution in [0, 0.1) is 0 Å². The molecule has 0 atom stereocenters. The number of sulfonamides is 1. The van der Waals surface area contributed by atoms with Crippen LogP contribution in [0.2, 0.25) is 0 Å². The van der Waals surface area contributed by atoms with Gasteiger partial charge in [-0.25, -0.2) is 18.2 Å². The van der Waals surface area contributed by atoms with E-state index in [2.05, 4.69) is 4.98 Å². The molecule has 1 fully saturated rings. The molecule has 2 aromatic heterocycles. The van der Waals surface area contributed by atoms with Crippen molar-refractivity contribution in [3.63, 3.8) is 0 Å². The Kier molecular flexibility index (Phi) is 6.00. The molecule has 1 aliphatic heterocycles. The van der Waals surface area contributed by atoms with Gasteiger partial charge < -0.3 is 9.15 Å². The summed E-state index contributed by atoms with van der Waals surface area (Å²) in [6.45, 7) is 3.17. The van der Waals surface area contributed by atoms with E-state index in [-0.39, 0.29) is 4.90 Å². The average Bonchev–Trinajstić information content (AvgIpc) is 3.32. The molecule has 2 aromatic rings. The Balaban J connectivity index is 1.65. The summed E-state index contributed by atoms with van der Waals surface area (Å²) in [5.74, 6) is 0.479. The molecule has 1 aliphatic rings. The number of carbonyl (C=O) groups is 1. The molecule has 0 spiro atoms. The lowest BCUT2D eigenvalue weighted by Gasteiger charge is -2.15. The summed E-state index contributed by atoms with van der Waals surface area (Å²) in [5.41, 5.74) is 0.396. The van der Waals surface area contributed by atoms with Gasteiger partial charge in [-0.05, 0) is 38.0 Å². The maximum absolute atomic E-state index is 12.5. The molecule has 0 radical (unpaired) electrons. The lowest BCUT2D eigenvalue weighted by atomic mass is 10.3. The summed E-state index contributed by atoms with van der Waals surface area (Å²) >= 11 is 1.36. The van der Waals surface area contributed by atoms with E-state index in [4.69, 9.17) is 9.15 Å². The van der Waals surface area contributed by atoms with Crippen molar-refractivity contribution >= 4 is 27.8 Å². The van der Waals surface area contributed by atoms with E-state index in [1.54, 1.807) is 25.1 Å². The van der Waals surface area contributed by atoms with Gasteiger partial charge in [0.2, 0.25) is 10.0 Å². The molecule has 3 heterocycles. The van der Waals surface area contributed by atoms with Crippen molar-refractivity contribution in [3.05, 3.63) is 42.0 Å². The number of carbonyl (C=O) groups excluding carboxylic acids is 1. The zero-order valence-corrected chi connectivity index (χ0v) is 16.0. The van der Waals surface area contributed by atoms with E-state index in [0.29, 0.717) is 41.8 Å². The summed E-state index contributed by atoms with van der Waals surface area (Å²) in [4.78, 5) is 16.3. The Labute approximate surface area is 156 Å². The molecule has 9 heteroatoms. The Morgan fingerprint density at radius 1 is 1.31 bits per heavy atom. The van der Waals surface area contributed by atoms with Crippen LogP contribution in [0.15, 0.2) is 45.0 Å². The second-order valence-corrected chi connectivity index (χ2v) is 8.64. The van der Waals surface area contributed by atoms with E-state index in [1.807, 2.05) is 0 Å². The minimum absolute atomic E-state index is 0.203. The number of hydrogen-bond donors (Lipinski definition) is 0. The van der Waals surface area contributed by atoms with Gasteiger partial charge in [-0.1, -0.05) is 11.8 Å². The molecule has 0 aromatic carbocycles. The molecular weight excluding hydrogens is 376 g/mol. The third-order valence-corrected chi connectivity index (χ3v) is 6.83. The van der Waals surface area contributed by atoms with Gasteiger partial charge in [0.1, 0.15) is 16.2 Å². The third-order valence-electron chi connectivity index (χ3n) is 4.00. The first-order valence-corrected chi connectivity index (χ1v) is 10.8. The summed E-state index contributed by atoms with van der Waals surface area (Å²) in [6.07, 6.45) is 4.62. The molecule has 1 saturated heterocycles. The summed E-state index contributed by atoms with van der Waals surface area (Å²) < 4.78 is 36.8. The number of rotatable bonds is 7. The fraction of sp³-hybridized carbons (Fsp3) is 0.412. The number of furan rings is 1. The van der Waals surface area contributed by atoms with Crippen LogP contribution in [-0.4, -0.2) is 43.4 Å². The number of aromatic nitrogens is 1. The van der Waals surface area contributed by atoms with Crippen LogP contribution in [0.1, 0.15) is 35.9 Å². The maximum atomic E-state index is 12.5. The molecule has 7 nitrogen and oxygen atoms in total. The van der Waals surface area contributed by atoms with Crippen LogP contribution >= 0.6 is 11.8 Å². The normalized spacial score (nSPS) is 15.3. The second kappa shape index (κ2) is 8.24. The van der Waals surface area contributed by atoms with E-state index in [0.717, 1.165) is 12.8 Å². The largest absolute Gasteiger partial charge is 0.468 e. The molecule has 26 heavy (non-hydrogen) atoms. The van der Waals surface area contributed by atoms with Crippen molar-refractivity contribution < 1.29 is 22.4 Å². The topological polar surface area (TPSA) is 89.7 Å². The Bertz CT molecular complexity index is 856. The summed E-state index contributed by atoms with van der Waals surface area (Å²) in [6, 6.07) is 4.81. The Morgan fingerprint density at radius 3 is 2.73 bits per heavy atom. The molecule has 0 saturated carbocycles. The van der Waals surface area contributed by atoms with Gasteiger partial charge in [0.05, 0.1) is 23.6 Å². The monoisotopic (exact) mass is 396 g/mol. The van der Waals surface area contributed by atoms with Crippen LogP contribution in [0.25, 0.3) is 0 Å². The molecule has 0 unspecified atom stereocenters. The highest BCUT2D eigenvalue weighted by Gasteiger charge is 2.27. The first-order chi connectivity index (χ1) is 12.5. The first kappa shape index (κ1) is 18.9. The standard InChI is InChI=1S/C17H20N2O5S2/c1-2-23-17(20)14-7-10-24-15(14)12-25-16-6-5-13(11-18-16)26(21,22)19-8-3-4-9-19/h5-7,10-11H,2-4,8-9,12H2,1H3. The van der Waals surface area contributed by atoms with Gasteiger partial charge in [0, 0.05) is 19.3 Å². The zero-order chi connectivity index (χ0) is 18.6. The van der Waals surface area contributed by atoms with Crippen molar-refractivity contribution in [2.45, 2.75) is 35.4 Å². The van der Waals surface area contributed by atoms with Gasteiger partial charge >= 0.3 is 5.97 Å². The first-order valence-electron chi connectivity index (χ1n) is 8.35. The highest BCUT2D eigenvalue weighted by Crippen LogP contribution is 2.26. The lowest BCUT2D eigenvalue weighted by Crippen LogP contribution is -2.27. The smallest absolute Gasteiger partial charge is 0.341 e. The number of ether oxygens (including phenoxy) is 1. The summed E-state index contributed by atoms with van der Waals surface area (Å²) in [5, 5.41) is 0.650. The van der Waals surface area contributed by atoms with Gasteiger partial charge in [-0.3, -0.25) is 0 Å². The molecular formula is C17H20N2O5S2. The number of nitrogens with zero attached hydrogens (tertiary/aromatic N) is 2. The third kappa shape index (κ3) is 4.11. The van der Waals surface area contributed by atoms with Crippen LogP contribution in [0.3, 0.4) is 0 Å². The number of thioether (sulfide) groups is 1. The SMILES string of the molecule is CCOC(=O)c1ccoc1CSc1ccc(S(=O)(=O)N2CCCC2)cn1. The van der Waals surface area contributed by atoms with Crippen LogP contribution in [0.4, 0.5) is 0 Å². The molecule has 0 aliphatic carbocycles. The zero-order valence-electron chi connectivity index (χ0n) is 14.4. The Hall–Kier alpha value is -1.84. The summed E-state index contributed by atoms with van der Waals surface area (Å²) in [7, 11) is -3.46. The maximum Gasteiger partial charge on any atom is 0.341 e. The van der Waals surface area contributed by atoms with Gasteiger partial charge in [-0.15, -0.1) is 0 Å². The quantitative estimate of drug-likeness (QED) is 0.525. The minimum Gasteiger partial charge on any atom is -0.468 e. The fourth-order valence-electron chi connectivity index (χ4n) is 2.66. The lowest BCUT2D eigenvalue weighted by molar-refractivity contribution is 0.0524. The van der Waals surface area contributed by atoms with E-state index in [1.165, 1.54) is 28.5 Å². The molecule has 140 valence electrons. The fourth-order valence-corrected chi connectivity index (χ4v) is 4.92. The van der Waals surface area contributed by atoms with Gasteiger partial charge in [-0.2, -0.15) is 4.31 Å². The molecule has 3 rings (SSSR count). The highest BCUT2D eigenvalue weighted by molar-refractivity contribution is 7.98. The highest BCUT2D eigenvalue weighted by atomic mass is 32.2. The van der Waals surface area contributed by atoms with Crippen molar-refractivity contribution in [1.29, 1.82) is 0 Å². The number of esters is 1. The van der Waals surface area contributed by atoms with E-state index >= 15 is 0 Å². The molecule has 0 N–H and O–H groups in total. The van der Waals surface area contributed by atoms with Crippen molar-refractivity contribution in [2.75, 3.05) is 19.7 Å². The Morgan fingerprint density at radius 2 is 2.08 bits per heavy atom. The predicted molar refractivity (Wildman–Crippen MR) is 96.5 cm³/mol. The van der Waals surface area contributed by atoms with Crippen molar-refractivity contribution in [2.24, 2.45) is 0 Å². The predicted octanol–water partition coefficient (Wildman–Crippen LogP) is 2.93. The van der Waals surface area contributed by atoms with Crippen LogP contribution < -0.4 is 0 Å². The minimum atomic E-state index is -3.46. The van der Waals surface area contributed by atoms with Crippen LogP contribution in [0.5, 0.6) is 0 Å². The molecule has 0 amide bonds. The van der Waals surface area contributed by atoms with Crippen LogP contribution in [-0.2, 0) is 20.5 Å². The van der Waals surface area contributed by atoms with Gasteiger partial charge in [0.25, 0.3) is 0 Å². The average molecular weight is 396 g/mol. The molecule has 0 bridgehead atoms. The number of hydrogen-bond acceptors (Lipinski definition) is 7. The van der Waals surface area contributed by atoms with E-state index in [9.17, 15) is 13.2 Å². The van der Waals surface area contributed by atoms with Crippen molar-refractivity contribution in [1.82, 2.24) is 9.29 Å². The van der Waals surface area contributed by atoms with E-state index < -0.39 is 16.0 Å².